The van der Waals surface area contributed by atoms with E-state index >= 15 is 0 Å². The van der Waals surface area contributed by atoms with Gasteiger partial charge in [0.15, 0.2) is 0 Å². The molecule has 0 N–H and O–H groups in total. The molecular formula is C57H42B2N4O2. The molecule has 0 radical (unpaired) electrons. The first-order valence-electron chi connectivity index (χ1n) is 22.4. The summed E-state index contributed by atoms with van der Waals surface area (Å²) in [6.07, 6.45) is 0. The van der Waals surface area contributed by atoms with Crippen LogP contribution in [0.15, 0.2) is 200 Å². The molecule has 4 aliphatic rings. The summed E-state index contributed by atoms with van der Waals surface area (Å²) in [6.45, 7) is 6.50. The third-order valence-electron chi connectivity index (χ3n) is 13.5. The van der Waals surface area contributed by atoms with E-state index in [0.717, 1.165) is 84.5 Å². The highest BCUT2D eigenvalue weighted by Gasteiger charge is 2.47. The fourth-order valence-corrected chi connectivity index (χ4v) is 10.6. The predicted octanol–water partition coefficient (Wildman–Crippen LogP) is 10.7. The summed E-state index contributed by atoms with van der Waals surface area (Å²) in [5.41, 5.74) is 17.5. The van der Waals surface area contributed by atoms with Gasteiger partial charge in [0.25, 0.3) is 13.4 Å². The van der Waals surface area contributed by atoms with Crippen molar-refractivity contribution in [2.24, 2.45) is 0 Å². The van der Waals surface area contributed by atoms with Gasteiger partial charge >= 0.3 is 0 Å². The molecule has 0 fully saturated rings. The minimum absolute atomic E-state index is 0.125. The summed E-state index contributed by atoms with van der Waals surface area (Å²) in [5.74, 6) is 2.73. The van der Waals surface area contributed by atoms with Crippen LogP contribution in [-0.2, 0) is 5.41 Å². The molecule has 5 heterocycles. The molecule has 0 aliphatic carbocycles. The Labute approximate surface area is 380 Å². The fourth-order valence-electron chi connectivity index (χ4n) is 10.6. The summed E-state index contributed by atoms with van der Waals surface area (Å²) >= 11 is 0. The molecule has 8 aromatic carbocycles. The van der Waals surface area contributed by atoms with Gasteiger partial charge in [-0.05, 0) is 123 Å². The first kappa shape index (κ1) is 37.6. The standard InChI is InChI=1S/C57H42B2N4O2/c1-57(2,3)37-32-49-53-51(33-37)64-55-45(58(53)43-28-16-18-30-47(43)62(49)40-24-12-6-13-25-40)36-46-56(60-55)65-52-35-42(61(38-20-8-4-9-21-38)39-22-10-5-11-23-39)34-50-54(52)59(46)44-29-17-19-31-48(44)63(50)41-26-14-7-15-27-41/h4-36H,1-3H3. The molecule has 0 bridgehead atoms. The molecule has 0 saturated carbocycles. The zero-order valence-electron chi connectivity index (χ0n) is 36.3. The Morgan fingerprint density at radius 1 is 0.415 bits per heavy atom. The summed E-state index contributed by atoms with van der Waals surface area (Å²) in [6, 6.07) is 71.6. The summed E-state index contributed by atoms with van der Waals surface area (Å²) < 4.78 is 14.3. The normalized spacial score (nSPS) is 13.6. The van der Waals surface area contributed by atoms with Crippen LogP contribution in [0.4, 0.5) is 51.2 Å². The van der Waals surface area contributed by atoms with Gasteiger partial charge in [-0.15, -0.1) is 0 Å². The van der Waals surface area contributed by atoms with Gasteiger partial charge < -0.3 is 24.2 Å². The number of para-hydroxylation sites is 6. The number of hydrogen-bond acceptors (Lipinski definition) is 6. The lowest BCUT2D eigenvalue weighted by atomic mass is 9.31. The van der Waals surface area contributed by atoms with E-state index in [0.29, 0.717) is 11.8 Å². The van der Waals surface area contributed by atoms with Gasteiger partial charge in [-0.2, -0.15) is 4.98 Å². The highest BCUT2D eigenvalue weighted by atomic mass is 16.5. The molecule has 9 aromatic rings. The topological polar surface area (TPSA) is 41.1 Å². The number of hydrogen-bond donors (Lipinski definition) is 0. The van der Waals surface area contributed by atoms with E-state index in [2.05, 4.69) is 236 Å². The van der Waals surface area contributed by atoms with Gasteiger partial charge in [-0.3, -0.25) is 0 Å². The van der Waals surface area contributed by atoms with E-state index in [9.17, 15) is 0 Å². The van der Waals surface area contributed by atoms with Crippen molar-refractivity contribution in [3.8, 4) is 23.3 Å². The Balaban J connectivity index is 1.06. The second-order valence-corrected chi connectivity index (χ2v) is 18.3. The van der Waals surface area contributed by atoms with Crippen molar-refractivity contribution in [2.45, 2.75) is 26.2 Å². The van der Waals surface area contributed by atoms with E-state index in [4.69, 9.17) is 14.5 Å². The van der Waals surface area contributed by atoms with Gasteiger partial charge in [0.05, 0.1) is 5.69 Å². The van der Waals surface area contributed by atoms with Gasteiger partial charge in [0, 0.05) is 51.6 Å². The first-order valence-corrected chi connectivity index (χ1v) is 22.4. The maximum Gasteiger partial charge on any atom is 0.258 e. The van der Waals surface area contributed by atoms with Crippen LogP contribution in [0.25, 0.3) is 0 Å². The second-order valence-electron chi connectivity index (χ2n) is 18.3. The zero-order valence-corrected chi connectivity index (χ0v) is 36.3. The number of rotatable bonds is 5. The molecule has 4 aliphatic heterocycles. The van der Waals surface area contributed by atoms with Crippen molar-refractivity contribution in [3.05, 3.63) is 206 Å². The Bertz CT molecular complexity index is 3300. The number of aromatic nitrogens is 1. The van der Waals surface area contributed by atoms with Crippen LogP contribution in [-0.4, -0.2) is 18.4 Å². The smallest absolute Gasteiger partial charge is 0.258 e. The first-order chi connectivity index (χ1) is 31.9. The van der Waals surface area contributed by atoms with Crippen LogP contribution in [0, 0.1) is 0 Å². The molecule has 0 amide bonds. The summed E-state index contributed by atoms with van der Waals surface area (Å²) in [5, 5.41) is 0. The number of benzene rings is 8. The minimum Gasteiger partial charge on any atom is -0.440 e. The number of pyridine rings is 1. The van der Waals surface area contributed by atoms with E-state index in [1.54, 1.807) is 0 Å². The number of fused-ring (bicyclic) bond motifs is 8. The lowest BCUT2D eigenvalue weighted by Crippen LogP contribution is -2.63. The quantitative estimate of drug-likeness (QED) is 0.161. The summed E-state index contributed by atoms with van der Waals surface area (Å²) in [4.78, 5) is 12.6. The number of ether oxygens (including phenoxy) is 2. The lowest BCUT2D eigenvalue weighted by Gasteiger charge is -2.42. The van der Waals surface area contributed by atoms with Gasteiger partial charge in [0.1, 0.15) is 11.5 Å². The molecule has 308 valence electrons. The molecule has 8 heteroatoms. The largest absolute Gasteiger partial charge is 0.440 e. The third-order valence-corrected chi connectivity index (χ3v) is 13.5. The number of anilines is 9. The van der Waals surface area contributed by atoms with Crippen LogP contribution in [0.1, 0.15) is 26.3 Å². The van der Waals surface area contributed by atoms with E-state index in [-0.39, 0.29) is 18.8 Å². The molecule has 13 rings (SSSR count). The van der Waals surface area contributed by atoms with Gasteiger partial charge in [-0.25, -0.2) is 0 Å². The number of nitrogens with zero attached hydrogens (tertiary/aromatic N) is 4. The van der Waals surface area contributed by atoms with E-state index < -0.39 is 0 Å². The SMILES string of the molecule is CC(C)(C)c1cc2c3c(c1)N(c1ccccc1)c1ccccc1B3c1cc3c(nc1O2)Oc1cc(N(c2ccccc2)c2ccccc2)cc2c1B3c1ccccc1N2c1ccccc1. The van der Waals surface area contributed by atoms with Crippen LogP contribution in [0.3, 0.4) is 0 Å². The zero-order chi connectivity index (χ0) is 43.4. The lowest BCUT2D eigenvalue weighted by molar-refractivity contribution is 0.431. The molecule has 1 aromatic heterocycles. The highest BCUT2D eigenvalue weighted by molar-refractivity contribution is 7.02. The third kappa shape index (κ3) is 5.80. The molecule has 0 spiro atoms. The molecule has 0 saturated heterocycles. The Kier molecular flexibility index (Phi) is 8.26. The van der Waals surface area contributed by atoms with Crippen molar-refractivity contribution in [3.63, 3.8) is 0 Å². The Hall–Kier alpha value is -7.96. The Morgan fingerprint density at radius 2 is 0.846 bits per heavy atom. The minimum atomic E-state index is -0.169. The molecule has 0 atom stereocenters. The van der Waals surface area contributed by atoms with Crippen LogP contribution >= 0.6 is 0 Å². The Morgan fingerprint density at radius 3 is 1.34 bits per heavy atom. The van der Waals surface area contributed by atoms with Crippen LogP contribution in [0.2, 0.25) is 0 Å². The fraction of sp³-hybridized carbons (Fsp3) is 0.0702. The summed E-state index contributed by atoms with van der Waals surface area (Å²) in [7, 11) is 0. The predicted molar refractivity (Wildman–Crippen MR) is 269 cm³/mol. The average molecular weight is 837 g/mol. The van der Waals surface area contributed by atoms with Crippen molar-refractivity contribution >= 4 is 97.4 Å². The maximum absolute atomic E-state index is 7.22. The van der Waals surface area contributed by atoms with E-state index in [1.165, 1.54) is 16.5 Å². The van der Waals surface area contributed by atoms with Crippen molar-refractivity contribution < 1.29 is 9.47 Å². The van der Waals surface area contributed by atoms with Crippen LogP contribution in [0.5, 0.6) is 23.3 Å². The van der Waals surface area contributed by atoms with Crippen molar-refractivity contribution in [2.75, 3.05) is 14.7 Å². The second kappa shape index (κ2) is 14.3. The van der Waals surface area contributed by atoms with E-state index in [1.807, 2.05) is 0 Å². The molecular weight excluding hydrogens is 794 g/mol. The van der Waals surface area contributed by atoms with Gasteiger partial charge in [0.2, 0.25) is 11.8 Å². The maximum atomic E-state index is 7.22. The monoisotopic (exact) mass is 836 g/mol. The molecule has 0 unspecified atom stereocenters. The van der Waals surface area contributed by atoms with Gasteiger partial charge in [-0.1, -0.05) is 136 Å². The van der Waals surface area contributed by atoms with Crippen LogP contribution < -0.4 is 57.0 Å². The highest BCUT2D eigenvalue weighted by Crippen LogP contribution is 2.47. The van der Waals surface area contributed by atoms with Crippen molar-refractivity contribution in [1.82, 2.24) is 4.98 Å². The molecule has 65 heavy (non-hydrogen) atoms. The average Bonchev–Trinajstić information content (AvgIpc) is 3.34. The molecule has 6 nitrogen and oxygen atoms in total. The van der Waals surface area contributed by atoms with Crippen molar-refractivity contribution in [1.29, 1.82) is 0 Å².